The van der Waals surface area contributed by atoms with Crippen molar-refractivity contribution in [3.8, 4) is 17.2 Å². The Hall–Kier alpha value is -2.87. The molecule has 0 spiro atoms. The second-order valence-electron chi connectivity index (χ2n) is 7.01. The second-order valence-corrected chi connectivity index (χ2v) is 7.01. The van der Waals surface area contributed by atoms with Gasteiger partial charge in [0.15, 0.2) is 5.76 Å². The average molecular weight is 413 g/mol. The Morgan fingerprint density at radius 3 is 2.40 bits per heavy atom. The molecule has 7 nitrogen and oxygen atoms in total. The lowest BCUT2D eigenvalue weighted by Crippen LogP contribution is -3.11. The number of benzene rings is 2. The van der Waals surface area contributed by atoms with Gasteiger partial charge in [-0.1, -0.05) is 30.0 Å². The number of allylic oxidation sites excluding steroid dienone is 1. The summed E-state index contributed by atoms with van der Waals surface area (Å²) in [6.07, 6.45) is 1.65. The summed E-state index contributed by atoms with van der Waals surface area (Å²) in [6.45, 7) is 2.95. The number of fused-ring (bicyclic) bond motifs is 1. The third kappa shape index (κ3) is 4.81. The van der Waals surface area contributed by atoms with Crippen LogP contribution in [0.1, 0.15) is 21.5 Å². The Morgan fingerprint density at radius 1 is 1.03 bits per heavy atom. The van der Waals surface area contributed by atoms with Crippen molar-refractivity contribution in [1.29, 1.82) is 0 Å². The molecule has 0 radical (unpaired) electrons. The molecular weight excluding hydrogens is 386 g/mol. The lowest BCUT2D eigenvalue weighted by atomic mass is 10.0. The second kappa shape index (κ2) is 10.2. The minimum absolute atomic E-state index is 0.146. The van der Waals surface area contributed by atoms with Crippen LogP contribution in [0.3, 0.4) is 0 Å². The fourth-order valence-corrected chi connectivity index (χ4v) is 3.43. The van der Waals surface area contributed by atoms with Crippen LogP contribution in [0.2, 0.25) is 0 Å². The van der Waals surface area contributed by atoms with Crippen LogP contribution in [0, 0.1) is 0 Å². The zero-order chi connectivity index (χ0) is 21.5. The molecule has 160 valence electrons. The van der Waals surface area contributed by atoms with E-state index in [1.807, 2.05) is 24.3 Å². The van der Waals surface area contributed by atoms with Crippen LogP contribution >= 0.6 is 0 Å². The molecule has 0 saturated carbocycles. The highest BCUT2D eigenvalue weighted by Crippen LogP contribution is 2.38. The molecule has 0 saturated heterocycles. The maximum absolute atomic E-state index is 12.9. The third-order valence-corrected chi connectivity index (χ3v) is 5.07. The number of rotatable bonds is 10. The van der Waals surface area contributed by atoms with Crippen LogP contribution in [-0.2, 0) is 16.0 Å². The number of para-hydroxylation sites is 1. The van der Waals surface area contributed by atoms with E-state index in [0.29, 0.717) is 55.5 Å². The van der Waals surface area contributed by atoms with Gasteiger partial charge in [-0.25, -0.2) is 0 Å². The highest BCUT2D eigenvalue weighted by atomic mass is 16.5. The van der Waals surface area contributed by atoms with Gasteiger partial charge in [0.2, 0.25) is 5.78 Å². The van der Waals surface area contributed by atoms with Crippen LogP contribution in [-0.4, -0.2) is 53.4 Å². The summed E-state index contributed by atoms with van der Waals surface area (Å²) < 4.78 is 21.7. The van der Waals surface area contributed by atoms with Gasteiger partial charge in [0.05, 0.1) is 25.9 Å². The maximum atomic E-state index is 12.9. The van der Waals surface area contributed by atoms with Gasteiger partial charge in [-0.3, -0.25) is 4.79 Å². The maximum Gasteiger partial charge on any atom is 0.231 e. The van der Waals surface area contributed by atoms with E-state index < -0.39 is 0 Å². The Labute approximate surface area is 176 Å². The first-order valence-electron chi connectivity index (χ1n) is 9.80. The van der Waals surface area contributed by atoms with Gasteiger partial charge in [0.1, 0.15) is 31.1 Å². The number of nitrogens with one attached hydrogen (secondary N) is 1. The summed E-state index contributed by atoms with van der Waals surface area (Å²) in [6, 6.07) is 10.3. The molecular formula is C23H27NO6. The number of hydrogen-bond donors (Lipinski definition) is 1. The minimum atomic E-state index is -0.243. The molecule has 1 aliphatic rings. The molecule has 2 aromatic carbocycles. The molecule has 0 amide bonds. The van der Waals surface area contributed by atoms with E-state index in [1.54, 1.807) is 27.4 Å². The quantitative estimate of drug-likeness (QED) is 0.587. The van der Waals surface area contributed by atoms with Crippen LogP contribution < -0.4 is 19.5 Å². The fraction of sp³-hybridized carbons (Fsp3) is 0.348. The molecule has 0 unspecified atom stereocenters. The van der Waals surface area contributed by atoms with Crippen LogP contribution in [0.5, 0.6) is 17.2 Å². The molecule has 0 atom stereocenters. The van der Waals surface area contributed by atoms with Gasteiger partial charge >= 0.3 is 0 Å². The Kier molecular flexibility index (Phi) is 7.46. The standard InChI is InChI=1S/C23H27NO6/c1-27-12-10-24(11-13-28-2)15-18-19(25)9-8-17-22(26)21(30-23(17)18)14-16-6-4-5-7-20(16)29-3/h4-9,14,25H,10-13,15H2,1-3H3/b21-14-. The van der Waals surface area contributed by atoms with E-state index in [0.717, 1.165) is 10.5 Å². The first-order chi connectivity index (χ1) is 14.6. The number of carbonyl (C=O) groups excluding carboxylic acids is 1. The predicted molar refractivity (Wildman–Crippen MR) is 110 cm³/mol. The summed E-state index contributed by atoms with van der Waals surface area (Å²) in [5.74, 6) is 0.773. The monoisotopic (exact) mass is 413 g/mol. The first-order valence-corrected chi connectivity index (χ1v) is 9.80. The molecule has 0 aliphatic carbocycles. The normalized spacial score (nSPS) is 14.3. The predicted octanol–water partition coefficient (Wildman–Crippen LogP) is 1.06. The molecule has 30 heavy (non-hydrogen) atoms. The number of Topliss-reactive ketones (excluding diaryl/α,β-unsaturated/α-hetero) is 1. The number of hydrogen-bond acceptors (Lipinski definition) is 6. The van der Waals surface area contributed by atoms with Crippen LogP contribution in [0.25, 0.3) is 6.08 Å². The number of carbonyl (C=O) groups is 1. The molecule has 0 bridgehead atoms. The Bertz CT molecular complexity index is 916. The van der Waals surface area contributed by atoms with Crippen molar-refractivity contribution in [2.45, 2.75) is 6.54 Å². The van der Waals surface area contributed by atoms with E-state index in [4.69, 9.17) is 18.9 Å². The molecule has 3 rings (SSSR count). The largest absolute Gasteiger partial charge is 0.872 e. The van der Waals surface area contributed by atoms with Gasteiger partial charge in [-0.15, -0.1) is 0 Å². The Morgan fingerprint density at radius 2 is 1.73 bits per heavy atom. The summed E-state index contributed by atoms with van der Waals surface area (Å²) in [4.78, 5) is 14.0. The van der Waals surface area contributed by atoms with E-state index in [2.05, 4.69) is 0 Å². The van der Waals surface area contributed by atoms with E-state index in [-0.39, 0.29) is 17.3 Å². The zero-order valence-corrected chi connectivity index (χ0v) is 17.5. The van der Waals surface area contributed by atoms with Gasteiger partial charge in [0.25, 0.3) is 0 Å². The third-order valence-electron chi connectivity index (χ3n) is 5.07. The van der Waals surface area contributed by atoms with E-state index in [9.17, 15) is 9.90 Å². The highest BCUT2D eigenvalue weighted by Gasteiger charge is 2.31. The molecule has 1 N–H and O–H groups in total. The number of ether oxygens (including phenoxy) is 4. The van der Waals surface area contributed by atoms with Gasteiger partial charge in [-0.2, -0.15) is 0 Å². The molecule has 7 heteroatoms. The minimum Gasteiger partial charge on any atom is -0.872 e. The van der Waals surface area contributed by atoms with Crippen molar-refractivity contribution in [2.75, 3.05) is 47.6 Å². The smallest absolute Gasteiger partial charge is 0.231 e. The summed E-state index contributed by atoms with van der Waals surface area (Å²) in [5, 5.41) is 12.6. The molecule has 1 aliphatic heterocycles. The van der Waals surface area contributed by atoms with Gasteiger partial charge in [-0.05, 0) is 18.2 Å². The number of ketones is 1. The van der Waals surface area contributed by atoms with Crippen LogP contribution in [0.15, 0.2) is 42.2 Å². The van der Waals surface area contributed by atoms with Gasteiger partial charge in [0, 0.05) is 25.3 Å². The van der Waals surface area contributed by atoms with Crippen molar-refractivity contribution in [2.24, 2.45) is 0 Å². The summed E-state index contributed by atoms with van der Waals surface area (Å²) in [5.41, 5.74) is 1.63. The van der Waals surface area contributed by atoms with Crippen molar-refractivity contribution >= 4 is 11.9 Å². The SMILES string of the molecule is COCC[NH+](CCOC)Cc1c([O-])ccc2c1O/C(=C\c1ccccc1OC)C2=O. The van der Waals surface area contributed by atoms with Crippen molar-refractivity contribution in [3.63, 3.8) is 0 Å². The van der Waals surface area contributed by atoms with Crippen molar-refractivity contribution < 1.29 is 33.7 Å². The molecule has 1 heterocycles. The molecule has 0 aromatic heterocycles. The zero-order valence-electron chi connectivity index (χ0n) is 17.5. The lowest BCUT2D eigenvalue weighted by Gasteiger charge is -2.23. The average Bonchev–Trinajstić information content (AvgIpc) is 3.07. The molecule has 2 aromatic rings. The Balaban J connectivity index is 1.91. The van der Waals surface area contributed by atoms with Crippen LogP contribution in [0.4, 0.5) is 0 Å². The number of methoxy groups -OCH3 is 3. The molecule has 0 fully saturated rings. The highest BCUT2D eigenvalue weighted by molar-refractivity contribution is 6.15. The van der Waals surface area contributed by atoms with Gasteiger partial charge < -0.3 is 29.0 Å². The summed E-state index contributed by atoms with van der Waals surface area (Å²) >= 11 is 0. The van der Waals surface area contributed by atoms with Crippen molar-refractivity contribution in [1.82, 2.24) is 0 Å². The lowest BCUT2D eigenvalue weighted by molar-refractivity contribution is -0.914. The summed E-state index contributed by atoms with van der Waals surface area (Å²) in [7, 11) is 4.86. The topological polar surface area (TPSA) is 81.5 Å². The van der Waals surface area contributed by atoms with E-state index >= 15 is 0 Å². The first kappa shape index (κ1) is 21.8. The van der Waals surface area contributed by atoms with Crippen molar-refractivity contribution in [3.05, 3.63) is 58.8 Å². The number of quaternary nitrogens is 1. The van der Waals surface area contributed by atoms with E-state index in [1.165, 1.54) is 12.1 Å². The fourth-order valence-electron chi connectivity index (χ4n) is 3.43.